The number of aryl methyl sites for hydroxylation is 1. The largest absolute Gasteiger partial charge is 0.388 e. The van der Waals surface area contributed by atoms with Gasteiger partial charge in [-0.2, -0.15) is 0 Å². The van der Waals surface area contributed by atoms with Crippen molar-refractivity contribution in [1.82, 2.24) is 9.13 Å². The molecule has 5 nitrogen and oxygen atoms in total. The van der Waals surface area contributed by atoms with Crippen molar-refractivity contribution >= 4 is 12.2 Å². The molecule has 1 aliphatic heterocycles. The quantitative estimate of drug-likeness (QED) is 0.828. The SMILES string of the molecule is Cc1ccc(-n2cc([C@@H]3OC[C@H](N)[C@H]3O)n(C)c2=S)cc1. The third-order valence-electron chi connectivity index (χ3n) is 3.96. The number of rotatable bonds is 2. The first-order valence-electron chi connectivity index (χ1n) is 6.89. The van der Waals surface area contributed by atoms with E-state index in [4.69, 9.17) is 22.7 Å². The zero-order valence-corrected chi connectivity index (χ0v) is 12.9. The Balaban J connectivity index is 2.04. The van der Waals surface area contributed by atoms with Gasteiger partial charge in [0.2, 0.25) is 0 Å². The van der Waals surface area contributed by atoms with Gasteiger partial charge in [0.25, 0.3) is 0 Å². The van der Waals surface area contributed by atoms with Crippen molar-refractivity contribution < 1.29 is 9.84 Å². The zero-order valence-electron chi connectivity index (χ0n) is 12.1. The highest BCUT2D eigenvalue weighted by molar-refractivity contribution is 7.71. The van der Waals surface area contributed by atoms with Crippen LogP contribution >= 0.6 is 12.2 Å². The van der Waals surface area contributed by atoms with Gasteiger partial charge in [0.1, 0.15) is 12.2 Å². The van der Waals surface area contributed by atoms with Gasteiger partial charge in [-0.25, -0.2) is 0 Å². The van der Waals surface area contributed by atoms with Crippen LogP contribution in [-0.4, -0.2) is 33.0 Å². The molecule has 0 radical (unpaired) electrons. The minimum absolute atomic E-state index is 0.355. The molecule has 6 heteroatoms. The van der Waals surface area contributed by atoms with E-state index in [2.05, 4.69) is 0 Å². The van der Waals surface area contributed by atoms with Gasteiger partial charge in [-0.05, 0) is 31.3 Å². The van der Waals surface area contributed by atoms with E-state index >= 15 is 0 Å². The number of aromatic nitrogens is 2. The maximum absolute atomic E-state index is 10.1. The third-order valence-corrected chi connectivity index (χ3v) is 4.43. The standard InChI is InChI=1S/C15H19N3O2S/c1-9-3-5-10(6-4-9)18-7-12(17(2)15(18)21)14-13(19)11(16)8-20-14/h3-7,11,13-14,19H,8,16H2,1-2H3/t11-,13+,14-/m0/s1. The van der Waals surface area contributed by atoms with Crippen molar-refractivity contribution in [2.45, 2.75) is 25.2 Å². The van der Waals surface area contributed by atoms with Crippen LogP contribution in [0.2, 0.25) is 0 Å². The Morgan fingerprint density at radius 3 is 2.57 bits per heavy atom. The van der Waals surface area contributed by atoms with Crippen LogP contribution in [0.1, 0.15) is 17.4 Å². The predicted molar refractivity (Wildman–Crippen MR) is 83.0 cm³/mol. The van der Waals surface area contributed by atoms with Crippen molar-refractivity contribution in [3.8, 4) is 5.69 Å². The Morgan fingerprint density at radius 2 is 2.00 bits per heavy atom. The Bertz CT molecular complexity index is 705. The highest BCUT2D eigenvalue weighted by atomic mass is 32.1. The van der Waals surface area contributed by atoms with Crippen LogP contribution in [0.25, 0.3) is 5.69 Å². The summed E-state index contributed by atoms with van der Waals surface area (Å²) in [6, 6.07) is 7.77. The van der Waals surface area contributed by atoms with Crippen molar-refractivity contribution in [3.05, 3.63) is 46.5 Å². The fraction of sp³-hybridized carbons (Fsp3) is 0.400. The maximum Gasteiger partial charge on any atom is 0.184 e. The Labute approximate surface area is 128 Å². The summed E-state index contributed by atoms with van der Waals surface area (Å²) in [7, 11) is 1.88. The van der Waals surface area contributed by atoms with Crippen LogP contribution in [0.15, 0.2) is 30.5 Å². The molecular formula is C15H19N3O2S. The summed E-state index contributed by atoms with van der Waals surface area (Å²) in [5, 5.41) is 10.1. The molecule has 1 saturated heterocycles. The van der Waals surface area contributed by atoms with E-state index in [0.29, 0.717) is 11.4 Å². The lowest BCUT2D eigenvalue weighted by Gasteiger charge is -2.15. The molecule has 3 rings (SSSR count). The summed E-state index contributed by atoms with van der Waals surface area (Å²) in [6.07, 6.45) is 0.775. The second-order valence-electron chi connectivity index (χ2n) is 5.51. The second-order valence-corrected chi connectivity index (χ2v) is 5.87. The Kier molecular flexibility index (Phi) is 3.71. The van der Waals surface area contributed by atoms with Crippen molar-refractivity contribution in [1.29, 1.82) is 0 Å². The minimum atomic E-state index is -0.709. The van der Waals surface area contributed by atoms with Gasteiger partial charge in [0, 0.05) is 18.9 Å². The average Bonchev–Trinajstić information content (AvgIpc) is 2.94. The molecule has 1 aliphatic rings. The second kappa shape index (κ2) is 5.38. The lowest BCUT2D eigenvalue weighted by Crippen LogP contribution is -2.34. The Hall–Kier alpha value is -1.47. The van der Waals surface area contributed by atoms with E-state index in [1.54, 1.807) is 0 Å². The zero-order chi connectivity index (χ0) is 15.1. The minimum Gasteiger partial charge on any atom is -0.388 e. The van der Waals surface area contributed by atoms with E-state index in [9.17, 15) is 5.11 Å². The molecule has 3 atom stereocenters. The molecule has 3 N–H and O–H groups in total. The van der Waals surface area contributed by atoms with Crippen LogP contribution in [0, 0.1) is 11.7 Å². The fourth-order valence-corrected chi connectivity index (χ4v) is 2.86. The third kappa shape index (κ3) is 2.44. The number of nitrogens with zero attached hydrogens (tertiary/aromatic N) is 2. The molecule has 1 fully saturated rings. The van der Waals surface area contributed by atoms with Gasteiger partial charge in [-0.15, -0.1) is 0 Å². The lowest BCUT2D eigenvalue weighted by molar-refractivity contribution is 0.0359. The predicted octanol–water partition coefficient (Wildman–Crippen LogP) is 1.61. The number of hydrogen-bond acceptors (Lipinski definition) is 4. The molecule has 1 aromatic carbocycles. The van der Waals surface area contributed by atoms with Gasteiger partial charge >= 0.3 is 0 Å². The van der Waals surface area contributed by atoms with Crippen LogP contribution in [0.4, 0.5) is 0 Å². The molecule has 0 amide bonds. The van der Waals surface area contributed by atoms with Crippen molar-refractivity contribution in [2.24, 2.45) is 12.8 Å². The summed E-state index contributed by atoms with van der Waals surface area (Å²) >= 11 is 5.49. The van der Waals surface area contributed by atoms with Crippen LogP contribution in [0.3, 0.4) is 0 Å². The summed E-state index contributed by atoms with van der Waals surface area (Å²) in [6.45, 7) is 2.40. The number of aliphatic hydroxyl groups excluding tert-OH is 1. The molecular weight excluding hydrogens is 286 g/mol. The average molecular weight is 305 g/mol. The topological polar surface area (TPSA) is 65.3 Å². The van der Waals surface area contributed by atoms with E-state index < -0.39 is 12.2 Å². The van der Waals surface area contributed by atoms with Crippen molar-refractivity contribution in [2.75, 3.05) is 6.61 Å². The summed E-state index contributed by atoms with van der Waals surface area (Å²) in [5.41, 5.74) is 8.83. The molecule has 0 spiro atoms. The lowest BCUT2D eigenvalue weighted by atomic mass is 10.1. The first kappa shape index (κ1) is 14.5. The van der Waals surface area contributed by atoms with E-state index in [1.807, 2.05) is 53.6 Å². The number of imidazole rings is 1. The highest BCUT2D eigenvalue weighted by Gasteiger charge is 2.36. The number of benzene rings is 1. The van der Waals surface area contributed by atoms with Crippen LogP contribution in [0.5, 0.6) is 0 Å². The number of hydrogen-bond donors (Lipinski definition) is 2. The summed E-state index contributed by atoms with van der Waals surface area (Å²) < 4.78 is 10.1. The molecule has 112 valence electrons. The van der Waals surface area contributed by atoms with Crippen LogP contribution < -0.4 is 5.73 Å². The number of ether oxygens (including phenoxy) is 1. The Morgan fingerprint density at radius 1 is 1.33 bits per heavy atom. The fourth-order valence-electron chi connectivity index (χ4n) is 2.60. The van der Waals surface area contributed by atoms with E-state index in [-0.39, 0.29) is 6.04 Å². The smallest absolute Gasteiger partial charge is 0.184 e. The van der Waals surface area contributed by atoms with Gasteiger partial charge in [-0.3, -0.25) is 4.57 Å². The summed E-state index contributed by atoms with van der Waals surface area (Å²) in [4.78, 5) is 0. The monoisotopic (exact) mass is 305 g/mol. The molecule has 1 aromatic heterocycles. The molecule has 0 aliphatic carbocycles. The van der Waals surface area contributed by atoms with Crippen LogP contribution in [-0.2, 0) is 11.8 Å². The molecule has 0 unspecified atom stereocenters. The molecule has 21 heavy (non-hydrogen) atoms. The number of aliphatic hydroxyl groups is 1. The first-order valence-corrected chi connectivity index (χ1v) is 7.30. The van der Waals surface area contributed by atoms with Crippen molar-refractivity contribution in [3.63, 3.8) is 0 Å². The van der Waals surface area contributed by atoms with E-state index in [0.717, 1.165) is 11.4 Å². The van der Waals surface area contributed by atoms with E-state index in [1.165, 1.54) is 5.56 Å². The molecule has 2 aromatic rings. The maximum atomic E-state index is 10.1. The van der Waals surface area contributed by atoms with Gasteiger partial charge < -0.3 is 20.1 Å². The van der Waals surface area contributed by atoms with Gasteiger partial charge in [0.05, 0.1) is 18.3 Å². The molecule has 0 bridgehead atoms. The number of nitrogens with two attached hydrogens (primary N) is 1. The van der Waals surface area contributed by atoms with Gasteiger partial charge in [-0.1, -0.05) is 17.7 Å². The van der Waals surface area contributed by atoms with Gasteiger partial charge in [0.15, 0.2) is 4.77 Å². The normalized spacial score (nSPS) is 25.4. The molecule has 0 saturated carbocycles. The molecule has 2 heterocycles. The summed E-state index contributed by atoms with van der Waals surface area (Å²) in [5.74, 6) is 0. The first-order chi connectivity index (χ1) is 9.99. The highest BCUT2D eigenvalue weighted by Crippen LogP contribution is 2.29.